The Morgan fingerprint density at radius 3 is 2.63 bits per heavy atom. The molecule has 0 saturated heterocycles. The number of aromatic nitrogens is 4. The van der Waals surface area contributed by atoms with E-state index in [1.807, 2.05) is 26.1 Å². The Bertz CT molecular complexity index is 955. The molecule has 0 radical (unpaired) electrons. The van der Waals surface area contributed by atoms with Gasteiger partial charge in [0.05, 0.1) is 6.61 Å². The molecule has 160 valence electrons. The van der Waals surface area contributed by atoms with Crippen molar-refractivity contribution >= 4 is 27.7 Å². The standard InChI is InChI=1S/C20H23BrFN5O2S/c1-3-28-18-10-15(12-23-8-9-30-20-24-25-26-27(20)2)17(21)11-19(18)29-13-14-4-6-16(22)7-5-14/h4-7,10-11,23H,3,8-9,12-13H2,1-2H3. The molecule has 0 fully saturated rings. The summed E-state index contributed by atoms with van der Waals surface area (Å²) in [6.07, 6.45) is 0. The third kappa shape index (κ3) is 6.41. The lowest BCUT2D eigenvalue weighted by Gasteiger charge is -2.15. The number of thioether (sulfide) groups is 1. The van der Waals surface area contributed by atoms with Gasteiger partial charge in [0.25, 0.3) is 0 Å². The van der Waals surface area contributed by atoms with Crippen LogP contribution >= 0.6 is 27.7 Å². The highest BCUT2D eigenvalue weighted by molar-refractivity contribution is 9.10. The van der Waals surface area contributed by atoms with Crippen molar-refractivity contribution in [2.75, 3.05) is 18.9 Å². The van der Waals surface area contributed by atoms with E-state index in [9.17, 15) is 4.39 Å². The monoisotopic (exact) mass is 495 g/mol. The Morgan fingerprint density at radius 2 is 1.93 bits per heavy atom. The molecule has 0 aliphatic rings. The summed E-state index contributed by atoms with van der Waals surface area (Å²) in [6.45, 7) is 4.28. The minimum atomic E-state index is -0.264. The molecule has 1 aromatic heterocycles. The number of benzene rings is 2. The zero-order valence-electron chi connectivity index (χ0n) is 16.8. The average Bonchev–Trinajstić information content (AvgIpc) is 3.14. The van der Waals surface area contributed by atoms with Gasteiger partial charge >= 0.3 is 0 Å². The number of aryl methyl sites for hydroxylation is 1. The molecule has 0 amide bonds. The molecule has 10 heteroatoms. The van der Waals surface area contributed by atoms with Crippen molar-refractivity contribution in [1.82, 2.24) is 25.5 Å². The molecule has 1 N–H and O–H groups in total. The topological polar surface area (TPSA) is 74.1 Å². The minimum Gasteiger partial charge on any atom is -0.490 e. The highest BCUT2D eigenvalue weighted by Crippen LogP contribution is 2.34. The van der Waals surface area contributed by atoms with Crippen LogP contribution < -0.4 is 14.8 Å². The minimum absolute atomic E-state index is 0.264. The number of tetrazole rings is 1. The number of nitrogens with one attached hydrogen (secondary N) is 1. The lowest BCUT2D eigenvalue weighted by molar-refractivity contribution is 0.268. The van der Waals surface area contributed by atoms with Crippen molar-refractivity contribution in [2.45, 2.75) is 25.2 Å². The fourth-order valence-corrected chi connectivity index (χ4v) is 3.83. The van der Waals surface area contributed by atoms with Gasteiger partial charge in [0, 0.05) is 30.4 Å². The normalized spacial score (nSPS) is 10.9. The van der Waals surface area contributed by atoms with Gasteiger partial charge in [0.2, 0.25) is 5.16 Å². The number of halogens is 2. The van der Waals surface area contributed by atoms with Gasteiger partial charge in [0.1, 0.15) is 12.4 Å². The van der Waals surface area contributed by atoms with E-state index in [4.69, 9.17) is 9.47 Å². The zero-order chi connectivity index (χ0) is 21.3. The van der Waals surface area contributed by atoms with Crippen LogP contribution in [0.1, 0.15) is 18.1 Å². The molecule has 3 aromatic rings. The fraction of sp³-hybridized carbons (Fsp3) is 0.350. The van der Waals surface area contributed by atoms with Gasteiger partial charge in [-0.3, -0.25) is 0 Å². The fourth-order valence-electron chi connectivity index (χ4n) is 2.62. The van der Waals surface area contributed by atoms with Gasteiger partial charge in [0.15, 0.2) is 11.5 Å². The first-order valence-electron chi connectivity index (χ1n) is 9.45. The Hall–Kier alpha value is -2.17. The van der Waals surface area contributed by atoms with E-state index in [1.54, 1.807) is 28.6 Å². The molecule has 0 bridgehead atoms. The molecule has 0 spiro atoms. The molecule has 7 nitrogen and oxygen atoms in total. The largest absolute Gasteiger partial charge is 0.490 e. The molecule has 0 unspecified atom stereocenters. The van der Waals surface area contributed by atoms with E-state index < -0.39 is 0 Å². The highest BCUT2D eigenvalue weighted by atomic mass is 79.9. The van der Waals surface area contributed by atoms with E-state index >= 15 is 0 Å². The first-order valence-corrected chi connectivity index (χ1v) is 11.2. The summed E-state index contributed by atoms with van der Waals surface area (Å²) in [4.78, 5) is 0. The van der Waals surface area contributed by atoms with E-state index in [1.165, 1.54) is 12.1 Å². The van der Waals surface area contributed by atoms with Crippen molar-refractivity contribution in [2.24, 2.45) is 7.05 Å². The first-order chi connectivity index (χ1) is 14.6. The molecule has 0 saturated carbocycles. The van der Waals surface area contributed by atoms with Crippen LogP contribution in [-0.4, -0.2) is 39.1 Å². The predicted molar refractivity (Wildman–Crippen MR) is 117 cm³/mol. The van der Waals surface area contributed by atoms with Crippen LogP contribution in [0.2, 0.25) is 0 Å². The van der Waals surface area contributed by atoms with Crippen molar-refractivity contribution in [3.63, 3.8) is 0 Å². The van der Waals surface area contributed by atoms with Gasteiger partial charge in [-0.05, 0) is 52.7 Å². The summed E-state index contributed by atoms with van der Waals surface area (Å²) in [5, 5.41) is 15.6. The highest BCUT2D eigenvalue weighted by Gasteiger charge is 2.12. The van der Waals surface area contributed by atoms with Crippen LogP contribution in [0.25, 0.3) is 0 Å². The molecule has 1 heterocycles. The Morgan fingerprint density at radius 1 is 1.17 bits per heavy atom. The summed E-state index contributed by atoms with van der Waals surface area (Å²) in [6, 6.07) is 10.1. The summed E-state index contributed by atoms with van der Waals surface area (Å²) in [5.41, 5.74) is 1.95. The van der Waals surface area contributed by atoms with E-state index in [0.29, 0.717) is 31.3 Å². The van der Waals surface area contributed by atoms with Crippen LogP contribution in [0.4, 0.5) is 4.39 Å². The molecule has 3 rings (SSSR count). The lowest BCUT2D eigenvalue weighted by Crippen LogP contribution is -2.17. The Balaban J connectivity index is 1.56. The second-order valence-corrected chi connectivity index (χ2v) is 8.27. The maximum atomic E-state index is 13.1. The number of rotatable bonds is 11. The molecule has 0 atom stereocenters. The van der Waals surface area contributed by atoms with Crippen molar-refractivity contribution in [3.05, 3.63) is 57.8 Å². The van der Waals surface area contributed by atoms with Gasteiger partial charge < -0.3 is 14.8 Å². The molecular weight excluding hydrogens is 473 g/mol. The average molecular weight is 496 g/mol. The number of hydrogen-bond acceptors (Lipinski definition) is 7. The SMILES string of the molecule is CCOc1cc(CNCCSc2nnnn2C)c(Br)cc1OCc1ccc(F)cc1. The van der Waals surface area contributed by atoms with Gasteiger partial charge in [-0.2, -0.15) is 0 Å². The molecule has 0 aliphatic heterocycles. The number of hydrogen-bond donors (Lipinski definition) is 1. The second kappa shape index (κ2) is 11.3. The smallest absolute Gasteiger partial charge is 0.209 e. The number of ether oxygens (including phenoxy) is 2. The maximum Gasteiger partial charge on any atom is 0.209 e. The quantitative estimate of drug-likeness (QED) is 0.318. The van der Waals surface area contributed by atoms with Crippen LogP contribution in [0, 0.1) is 5.82 Å². The summed E-state index contributed by atoms with van der Waals surface area (Å²) in [5.74, 6) is 1.91. The summed E-state index contributed by atoms with van der Waals surface area (Å²) < 4.78 is 27.3. The molecular formula is C20H23BrFN5O2S. The zero-order valence-corrected chi connectivity index (χ0v) is 19.2. The molecule has 0 aliphatic carbocycles. The third-order valence-electron chi connectivity index (χ3n) is 4.13. The van der Waals surface area contributed by atoms with Crippen LogP contribution in [-0.2, 0) is 20.2 Å². The van der Waals surface area contributed by atoms with E-state index in [-0.39, 0.29) is 5.82 Å². The lowest BCUT2D eigenvalue weighted by atomic mass is 10.2. The van der Waals surface area contributed by atoms with Gasteiger partial charge in [-0.25, -0.2) is 9.07 Å². The van der Waals surface area contributed by atoms with E-state index in [0.717, 1.165) is 33.1 Å². The predicted octanol–water partition coefficient (Wildman–Crippen LogP) is 3.97. The van der Waals surface area contributed by atoms with Crippen LogP contribution in [0.3, 0.4) is 0 Å². The van der Waals surface area contributed by atoms with E-state index in [2.05, 4.69) is 36.8 Å². The van der Waals surface area contributed by atoms with Gasteiger partial charge in [-0.1, -0.05) is 39.8 Å². The van der Waals surface area contributed by atoms with Crippen LogP contribution in [0.5, 0.6) is 11.5 Å². The number of nitrogens with zero attached hydrogens (tertiary/aromatic N) is 4. The maximum absolute atomic E-state index is 13.1. The van der Waals surface area contributed by atoms with Crippen molar-refractivity contribution in [1.29, 1.82) is 0 Å². The second-order valence-electron chi connectivity index (χ2n) is 6.35. The Labute approximate surface area is 187 Å². The summed E-state index contributed by atoms with van der Waals surface area (Å²) >= 11 is 5.21. The van der Waals surface area contributed by atoms with Crippen LogP contribution in [0.15, 0.2) is 46.0 Å². The molecule has 2 aromatic carbocycles. The van der Waals surface area contributed by atoms with Crippen molar-refractivity contribution in [3.8, 4) is 11.5 Å². The Kier molecular flexibility index (Phi) is 8.47. The summed E-state index contributed by atoms with van der Waals surface area (Å²) in [7, 11) is 1.82. The molecule has 30 heavy (non-hydrogen) atoms. The van der Waals surface area contributed by atoms with Gasteiger partial charge in [-0.15, -0.1) is 5.10 Å². The third-order valence-corrected chi connectivity index (χ3v) is 5.88. The first kappa shape index (κ1) is 22.5. The van der Waals surface area contributed by atoms with Crippen molar-refractivity contribution < 1.29 is 13.9 Å².